The molecule has 0 aromatic carbocycles. The van der Waals surface area contributed by atoms with Crippen molar-refractivity contribution in [2.75, 3.05) is 27.2 Å². The summed E-state index contributed by atoms with van der Waals surface area (Å²) >= 11 is 0. The van der Waals surface area contributed by atoms with Gasteiger partial charge in [-0.05, 0) is 26.3 Å². The van der Waals surface area contributed by atoms with Gasteiger partial charge in [-0.3, -0.25) is 9.59 Å². The topological polar surface area (TPSA) is 49.9 Å². The summed E-state index contributed by atoms with van der Waals surface area (Å²) in [6, 6.07) is 0.426. The van der Waals surface area contributed by atoms with E-state index >= 15 is 0 Å². The molecule has 0 radical (unpaired) electrons. The van der Waals surface area contributed by atoms with Crippen LogP contribution in [0.4, 0.5) is 0 Å². The number of esters is 1. The molecule has 0 bridgehead atoms. The Hall–Kier alpha value is -1.10. The van der Waals surface area contributed by atoms with Gasteiger partial charge in [0.25, 0.3) is 0 Å². The largest absolute Gasteiger partial charge is 0.469 e. The summed E-state index contributed by atoms with van der Waals surface area (Å²) in [4.78, 5) is 28.2. The van der Waals surface area contributed by atoms with E-state index in [-0.39, 0.29) is 35.8 Å². The van der Waals surface area contributed by atoms with Gasteiger partial charge in [-0.2, -0.15) is 0 Å². The van der Waals surface area contributed by atoms with Gasteiger partial charge in [0.1, 0.15) is 0 Å². The first-order valence-corrected chi connectivity index (χ1v) is 7.23. The lowest BCUT2D eigenvalue weighted by Crippen LogP contribution is -2.58. The zero-order valence-corrected chi connectivity index (χ0v) is 13.6. The Morgan fingerprint density at radius 1 is 1.15 bits per heavy atom. The number of piperazine rings is 1. The number of rotatable bonds is 4. The molecule has 1 aliphatic rings. The van der Waals surface area contributed by atoms with Crippen molar-refractivity contribution in [2.45, 2.75) is 52.6 Å². The Balaban J connectivity index is 2.67. The number of nitrogens with zero attached hydrogens (tertiary/aromatic N) is 2. The zero-order valence-electron chi connectivity index (χ0n) is 13.6. The first-order valence-electron chi connectivity index (χ1n) is 7.23. The van der Waals surface area contributed by atoms with Crippen molar-refractivity contribution in [3.8, 4) is 0 Å². The van der Waals surface area contributed by atoms with Crippen LogP contribution < -0.4 is 0 Å². The second kappa shape index (κ2) is 6.57. The number of hydrogen-bond acceptors (Lipinski definition) is 4. The van der Waals surface area contributed by atoms with Gasteiger partial charge in [0.05, 0.1) is 13.5 Å². The normalized spacial score (nSPS) is 24.6. The lowest BCUT2D eigenvalue weighted by Gasteiger charge is -2.44. The van der Waals surface area contributed by atoms with Crippen molar-refractivity contribution in [3.05, 3.63) is 0 Å². The Labute approximate surface area is 122 Å². The first kappa shape index (κ1) is 17.0. The second-order valence-electron chi connectivity index (χ2n) is 6.81. The molecule has 0 spiro atoms. The van der Waals surface area contributed by atoms with Gasteiger partial charge in [-0.15, -0.1) is 0 Å². The fourth-order valence-corrected chi connectivity index (χ4v) is 3.10. The summed E-state index contributed by atoms with van der Waals surface area (Å²) in [5, 5.41) is 0. The predicted molar refractivity (Wildman–Crippen MR) is 78.3 cm³/mol. The molecule has 0 unspecified atom stereocenters. The van der Waals surface area contributed by atoms with E-state index in [1.54, 1.807) is 0 Å². The molecule has 1 heterocycles. The highest BCUT2D eigenvalue weighted by atomic mass is 16.5. The van der Waals surface area contributed by atoms with Gasteiger partial charge in [-0.1, -0.05) is 13.8 Å². The van der Waals surface area contributed by atoms with Crippen LogP contribution in [0.2, 0.25) is 0 Å². The van der Waals surface area contributed by atoms with E-state index in [1.165, 1.54) is 7.11 Å². The molecule has 1 saturated heterocycles. The van der Waals surface area contributed by atoms with Crippen molar-refractivity contribution >= 4 is 11.9 Å². The van der Waals surface area contributed by atoms with Crippen LogP contribution in [-0.4, -0.2) is 61.0 Å². The zero-order chi connectivity index (χ0) is 15.5. The smallest absolute Gasteiger partial charge is 0.306 e. The van der Waals surface area contributed by atoms with Crippen LogP contribution in [0.15, 0.2) is 0 Å². The summed E-state index contributed by atoms with van der Waals surface area (Å²) in [5.41, 5.74) is -0.368. The van der Waals surface area contributed by atoms with Crippen LogP contribution in [0.25, 0.3) is 0 Å². The van der Waals surface area contributed by atoms with Crippen LogP contribution in [0.5, 0.6) is 0 Å². The predicted octanol–water partition coefficient (Wildman–Crippen LogP) is 1.52. The van der Waals surface area contributed by atoms with Crippen molar-refractivity contribution < 1.29 is 14.3 Å². The molecule has 2 atom stereocenters. The minimum absolute atomic E-state index is 0.131. The van der Waals surface area contributed by atoms with Crippen molar-refractivity contribution in [1.82, 2.24) is 9.80 Å². The van der Waals surface area contributed by atoms with Gasteiger partial charge in [0.2, 0.25) is 5.91 Å². The Morgan fingerprint density at radius 3 is 2.10 bits per heavy atom. The Bertz CT molecular complexity index is 356. The molecule has 116 valence electrons. The molecule has 5 nitrogen and oxygen atoms in total. The second-order valence-corrected chi connectivity index (χ2v) is 6.81. The van der Waals surface area contributed by atoms with Crippen molar-refractivity contribution in [2.24, 2.45) is 5.41 Å². The molecular formula is C15H28N2O3. The fraction of sp³-hybridized carbons (Fsp3) is 0.867. The third kappa shape index (κ3) is 4.47. The number of methoxy groups -OCH3 is 1. The van der Waals surface area contributed by atoms with E-state index < -0.39 is 0 Å². The summed E-state index contributed by atoms with van der Waals surface area (Å²) in [6.07, 6.45) is 0.645. The summed E-state index contributed by atoms with van der Waals surface area (Å²) < 4.78 is 4.70. The molecule has 20 heavy (non-hydrogen) atoms. The van der Waals surface area contributed by atoms with Crippen molar-refractivity contribution in [3.63, 3.8) is 0 Å². The lowest BCUT2D eigenvalue weighted by atomic mass is 9.84. The highest BCUT2D eigenvalue weighted by molar-refractivity contribution is 5.79. The van der Waals surface area contributed by atoms with E-state index in [2.05, 4.69) is 25.8 Å². The van der Waals surface area contributed by atoms with E-state index in [9.17, 15) is 9.59 Å². The molecule has 0 aromatic rings. The van der Waals surface area contributed by atoms with Crippen molar-refractivity contribution in [1.29, 1.82) is 0 Å². The van der Waals surface area contributed by atoms with Crippen LogP contribution in [-0.2, 0) is 14.3 Å². The van der Waals surface area contributed by atoms with E-state index in [0.717, 1.165) is 13.1 Å². The van der Waals surface area contributed by atoms with Gasteiger partial charge in [0.15, 0.2) is 0 Å². The Kier molecular flexibility index (Phi) is 5.57. The third-order valence-electron chi connectivity index (χ3n) is 3.87. The molecule has 0 aliphatic carbocycles. The maximum atomic E-state index is 12.6. The van der Waals surface area contributed by atoms with Crippen LogP contribution in [0, 0.1) is 5.41 Å². The van der Waals surface area contributed by atoms with Gasteiger partial charge >= 0.3 is 5.97 Å². The maximum absolute atomic E-state index is 12.6. The summed E-state index contributed by atoms with van der Waals surface area (Å²) in [7, 11) is 3.46. The molecule has 0 N–H and O–H groups in total. The molecule has 0 aromatic heterocycles. The summed E-state index contributed by atoms with van der Waals surface area (Å²) in [5.74, 6) is -0.130. The molecular weight excluding hydrogens is 256 g/mol. The average molecular weight is 284 g/mol. The van der Waals surface area contributed by atoms with Gasteiger partial charge < -0.3 is 14.5 Å². The van der Waals surface area contributed by atoms with Crippen LogP contribution in [0.1, 0.15) is 40.5 Å². The third-order valence-corrected chi connectivity index (χ3v) is 3.87. The number of likely N-dealkylation sites (N-methyl/N-ethyl adjacent to an activating group) is 1. The number of ether oxygens (including phenoxy) is 1. The van der Waals surface area contributed by atoms with Gasteiger partial charge in [0, 0.05) is 31.6 Å². The SMILES string of the molecule is COC(=O)CC(C)(C)CC(=O)N1[C@@H](C)CN(C)C[C@@H]1C. The maximum Gasteiger partial charge on any atom is 0.306 e. The lowest BCUT2D eigenvalue weighted by molar-refractivity contribution is -0.145. The first-order chi connectivity index (χ1) is 9.16. The number of amides is 1. The molecule has 5 heteroatoms. The standard InChI is InChI=1S/C15H28N2O3/c1-11-9-16(5)10-12(2)17(11)13(18)7-15(3,4)8-14(19)20-6/h11-12H,7-10H2,1-6H3/t11-,12-/m0/s1. The van der Waals surface area contributed by atoms with Crippen LogP contribution in [0.3, 0.4) is 0 Å². The monoisotopic (exact) mass is 284 g/mol. The number of hydrogen-bond donors (Lipinski definition) is 0. The highest BCUT2D eigenvalue weighted by Gasteiger charge is 2.35. The molecule has 0 saturated carbocycles. The molecule has 1 aliphatic heterocycles. The molecule has 1 fully saturated rings. The van der Waals surface area contributed by atoms with E-state index in [1.807, 2.05) is 18.7 Å². The minimum Gasteiger partial charge on any atom is -0.469 e. The van der Waals surface area contributed by atoms with Crippen LogP contribution >= 0.6 is 0 Å². The fourth-order valence-electron chi connectivity index (χ4n) is 3.10. The summed E-state index contributed by atoms with van der Waals surface area (Å²) in [6.45, 7) is 9.83. The minimum atomic E-state index is -0.368. The quantitative estimate of drug-likeness (QED) is 0.734. The number of carbonyl (C=O) groups excluding carboxylic acids is 2. The number of carbonyl (C=O) groups is 2. The van der Waals surface area contributed by atoms with E-state index in [4.69, 9.17) is 4.74 Å². The Morgan fingerprint density at radius 2 is 1.65 bits per heavy atom. The highest BCUT2D eigenvalue weighted by Crippen LogP contribution is 2.28. The van der Waals surface area contributed by atoms with Gasteiger partial charge in [-0.25, -0.2) is 0 Å². The van der Waals surface area contributed by atoms with E-state index in [0.29, 0.717) is 6.42 Å². The molecule has 1 amide bonds. The molecule has 1 rings (SSSR count). The average Bonchev–Trinajstić information content (AvgIpc) is 2.25.